The van der Waals surface area contributed by atoms with E-state index in [1.54, 1.807) is 6.07 Å². The second-order valence-corrected chi connectivity index (χ2v) is 6.37. The zero-order valence-corrected chi connectivity index (χ0v) is 14.3. The number of nitro benzene ring substituents is 1. The molecule has 0 atom stereocenters. The minimum atomic E-state index is -1.10. The van der Waals surface area contributed by atoms with E-state index in [9.17, 15) is 24.8 Å². The molecule has 0 saturated carbocycles. The molecule has 0 spiro atoms. The van der Waals surface area contributed by atoms with Gasteiger partial charge in [0, 0.05) is 17.7 Å². The molecular weight excluding hydrogens is 374 g/mol. The number of hydrogen-bond donors (Lipinski definition) is 3. The molecule has 1 heterocycles. The summed E-state index contributed by atoms with van der Waals surface area (Å²) in [5.41, 5.74) is 0.305. The first-order chi connectivity index (χ1) is 12.8. The fourth-order valence-electron chi connectivity index (χ4n) is 2.22. The number of carbonyl (C=O) groups excluding carboxylic acids is 1. The molecule has 9 nitrogen and oxygen atoms in total. The number of carbonyl (C=O) groups is 2. The third-order valence-electron chi connectivity index (χ3n) is 3.48. The number of nitrogens with one attached hydrogen (secondary N) is 1. The van der Waals surface area contributed by atoms with Crippen molar-refractivity contribution in [1.82, 2.24) is 5.32 Å². The summed E-state index contributed by atoms with van der Waals surface area (Å²) in [6.07, 6.45) is 1.32. The number of aromatic carboxylic acids is 1. The Labute approximate surface area is 156 Å². The van der Waals surface area contributed by atoms with E-state index in [-0.39, 0.29) is 32.6 Å². The molecule has 1 amide bonds. The van der Waals surface area contributed by atoms with Gasteiger partial charge in [0.2, 0.25) is 0 Å². The van der Waals surface area contributed by atoms with Gasteiger partial charge in [-0.05, 0) is 42.1 Å². The normalized spacial score (nSPS) is 16.5. The maximum atomic E-state index is 12.1. The smallest absolute Gasteiger partial charge is 0.335 e. The van der Waals surface area contributed by atoms with Crippen molar-refractivity contribution < 1.29 is 24.7 Å². The number of carboxylic acid groups (broad SMARTS) is 1. The molecule has 0 bridgehead atoms. The van der Waals surface area contributed by atoms with Crippen LogP contribution in [0.2, 0.25) is 0 Å². The number of nitro groups is 1. The number of non-ortho nitro benzene ring substituents is 1. The summed E-state index contributed by atoms with van der Waals surface area (Å²) in [4.78, 5) is 37.7. The quantitative estimate of drug-likeness (QED) is 0.417. The largest absolute Gasteiger partial charge is 0.507 e. The van der Waals surface area contributed by atoms with E-state index in [2.05, 4.69) is 10.3 Å². The Bertz CT molecular complexity index is 1030. The standard InChI is InChI=1S/C17H11N3O6S/c21-13-5-4-12(20(25)26)7-10(13)8-14-15(22)19-17(27-14)18-11-3-1-2-9(6-11)16(23)24/h1-8,21H,(H,23,24)(H,18,19,22)/b14-8-. The van der Waals surface area contributed by atoms with Gasteiger partial charge in [0.15, 0.2) is 5.17 Å². The number of thioether (sulfide) groups is 1. The van der Waals surface area contributed by atoms with Gasteiger partial charge in [-0.2, -0.15) is 0 Å². The topological polar surface area (TPSA) is 142 Å². The highest BCUT2D eigenvalue weighted by Crippen LogP contribution is 2.31. The number of amidine groups is 1. The van der Waals surface area contributed by atoms with Crippen molar-refractivity contribution in [3.8, 4) is 5.75 Å². The first-order valence-corrected chi connectivity index (χ1v) is 8.25. The highest BCUT2D eigenvalue weighted by Gasteiger charge is 2.24. The van der Waals surface area contributed by atoms with E-state index in [4.69, 9.17) is 5.11 Å². The van der Waals surface area contributed by atoms with E-state index in [1.807, 2.05) is 0 Å². The van der Waals surface area contributed by atoms with Crippen molar-refractivity contribution in [3.05, 3.63) is 68.6 Å². The van der Waals surface area contributed by atoms with Crippen LogP contribution >= 0.6 is 11.8 Å². The predicted octanol–water partition coefficient (Wildman–Crippen LogP) is 2.89. The molecule has 0 unspecified atom stereocenters. The zero-order valence-electron chi connectivity index (χ0n) is 13.4. The second-order valence-electron chi connectivity index (χ2n) is 5.34. The number of rotatable bonds is 4. The average molecular weight is 385 g/mol. The van der Waals surface area contributed by atoms with Crippen LogP contribution in [0.5, 0.6) is 5.75 Å². The Hall–Kier alpha value is -3.66. The predicted molar refractivity (Wildman–Crippen MR) is 99.0 cm³/mol. The van der Waals surface area contributed by atoms with Crippen LogP contribution in [0, 0.1) is 10.1 Å². The highest BCUT2D eigenvalue weighted by atomic mass is 32.2. The van der Waals surface area contributed by atoms with Crippen molar-refractivity contribution >= 4 is 46.3 Å². The molecule has 0 radical (unpaired) electrons. The number of carboxylic acids is 1. The fourth-order valence-corrected chi connectivity index (χ4v) is 3.05. The van der Waals surface area contributed by atoms with Gasteiger partial charge in [-0.3, -0.25) is 14.9 Å². The Kier molecular flexibility index (Phi) is 4.90. The SMILES string of the molecule is O=C1NC(=Nc2cccc(C(=O)O)c2)S/C1=C\c1cc([N+](=O)[O-])ccc1O. The van der Waals surface area contributed by atoms with E-state index in [1.165, 1.54) is 30.3 Å². The van der Waals surface area contributed by atoms with Crippen molar-refractivity contribution in [3.63, 3.8) is 0 Å². The first-order valence-electron chi connectivity index (χ1n) is 7.44. The lowest BCUT2D eigenvalue weighted by Gasteiger charge is -2.00. The number of hydrogen-bond acceptors (Lipinski definition) is 7. The molecule has 2 aromatic carbocycles. The number of aliphatic imine (C=N–C) groups is 1. The molecule has 1 saturated heterocycles. The van der Waals surface area contributed by atoms with Crippen molar-refractivity contribution in [2.24, 2.45) is 4.99 Å². The Morgan fingerprint density at radius 2 is 2.04 bits per heavy atom. The lowest BCUT2D eigenvalue weighted by Crippen LogP contribution is -2.19. The lowest BCUT2D eigenvalue weighted by molar-refractivity contribution is -0.384. The number of nitrogens with zero attached hydrogens (tertiary/aromatic N) is 2. The van der Waals surface area contributed by atoms with Gasteiger partial charge in [0.05, 0.1) is 21.1 Å². The van der Waals surface area contributed by atoms with Gasteiger partial charge in [0.1, 0.15) is 5.75 Å². The lowest BCUT2D eigenvalue weighted by atomic mass is 10.1. The molecule has 27 heavy (non-hydrogen) atoms. The second kappa shape index (κ2) is 7.30. The number of aromatic hydroxyl groups is 1. The Morgan fingerprint density at radius 3 is 2.74 bits per heavy atom. The molecule has 0 aromatic heterocycles. The number of benzene rings is 2. The molecule has 10 heteroatoms. The Balaban J connectivity index is 1.89. The van der Waals surface area contributed by atoms with Gasteiger partial charge in [0.25, 0.3) is 11.6 Å². The van der Waals surface area contributed by atoms with Crippen LogP contribution in [-0.4, -0.2) is 32.2 Å². The summed E-state index contributed by atoms with van der Waals surface area (Å²) in [5, 5.41) is 32.5. The van der Waals surface area contributed by atoms with Crippen molar-refractivity contribution in [1.29, 1.82) is 0 Å². The van der Waals surface area contributed by atoms with Crippen LogP contribution < -0.4 is 5.32 Å². The van der Waals surface area contributed by atoms with Gasteiger partial charge in [-0.25, -0.2) is 9.79 Å². The number of amides is 1. The van der Waals surface area contributed by atoms with Gasteiger partial charge in [-0.15, -0.1) is 0 Å². The highest BCUT2D eigenvalue weighted by molar-refractivity contribution is 8.18. The molecular formula is C17H11N3O6S. The minimum Gasteiger partial charge on any atom is -0.507 e. The third-order valence-corrected chi connectivity index (χ3v) is 4.39. The maximum absolute atomic E-state index is 12.1. The monoisotopic (exact) mass is 385 g/mol. The van der Waals surface area contributed by atoms with E-state index in [0.717, 1.165) is 23.9 Å². The fraction of sp³-hybridized carbons (Fsp3) is 0. The van der Waals surface area contributed by atoms with Crippen LogP contribution in [0.4, 0.5) is 11.4 Å². The van der Waals surface area contributed by atoms with Gasteiger partial charge >= 0.3 is 5.97 Å². The zero-order chi connectivity index (χ0) is 19.6. The summed E-state index contributed by atoms with van der Waals surface area (Å²) in [6.45, 7) is 0. The molecule has 1 aliphatic rings. The van der Waals surface area contributed by atoms with E-state index in [0.29, 0.717) is 5.69 Å². The summed E-state index contributed by atoms with van der Waals surface area (Å²) in [5.74, 6) is -1.79. The summed E-state index contributed by atoms with van der Waals surface area (Å²) in [6, 6.07) is 9.37. The summed E-state index contributed by atoms with van der Waals surface area (Å²) < 4.78 is 0. The molecule has 1 aliphatic heterocycles. The van der Waals surface area contributed by atoms with Crippen molar-refractivity contribution in [2.45, 2.75) is 0 Å². The maximum Gasteiger partial charge on any atom is 0.335 e. The van der Waals surface area contributed by atoms with Gasteiger partial charge in [-0.1, -0.05) is 6.07 Å². The molecule has 136 valence electrons. The first kappa shape index (κ1) is 18.1. The van der Waals surface area contributed by atoms with Crippen LogP contribution in [0.3, 0.4) is 0 Å². The number of phenols is 1. The molecule has 3 N–H and O–H groups in total. The van der Waals surface area contributed by atoms with Crippen LogP contribution in [0.15, 0.2) is 52.4 Å². The molecule has 0 aliphatic carbocycles. The molecule has 3 rings (SSSR count). The molecule has 2 aromatic rings. The van der Waals surface area contributed by atoms with E-state index < -0.39 is 16.8 Å². The number of phenolic OH excluding ortho intramolecular Hbond substituents is 1. The molecule has 1 fully saturated rings. The van der Waals surface area contributed by atoms with Crippen LogP contribution in [-0.2, 0) is 4.79 Å². The van der Waals surface area contributed by atoms with Gasteiger partial charge < -0.3 is 15.5 Å². The van der Waals surface area contributed by atoms with Crippen LogP contribution in [0.1, 0.15) is 15.9 Å². The Morgan fingerprint density at radius 1 is 1.26 bits per heavy atom. The van der Waals surface area contributed by atoms with Crippen LogP contribution in [0.25, 0.3) is 6.08 Å². The van der Waals surface area contributed by atoms with Crippen molar-refractivity contribution in [2.75, 3.05) is 0 Å². The summed E-state index contributed by atoms with van der Waals surface area (Å²) in [7, 11) is 0. The minimum absolute atomic E-state index is 0.0588. The summed E-state index contributed by atoms with van der Waals surface area (Å²) >= 11 is 0.968. The average Bonchev–Trinajstić information content (AvgIpc) is 2.96. The third kappa shape index (κ3) is 4.12. The van der Waals surface area contributed by atoms with E-state index >= 15 is 0 Å².